The molecule has 0 saturated carbocycles. The molecule has 0 radical (unpaired) electrons. The molecule has 2 aromatic carbocycles. The number of hydrogen-bond acceptors (Lipinski definition) is 8. The summed E-state index contributed by atoms with van der Waals surface area (Å²) in [5, 5.41) is 2.83. The molecule has 34 heavy (non-hydrogen) atoms. The minimum atomic E-state index is -3.78. The fourth-order valence-electron chi connectivity index (χ4n) is 3.15. The Kier molecular flexibility index (Phi) is 7.90. The van der Waals surface area contributed by atoms with Gasteiger partial charge in [-0.2, -0.15) is 8.42 Å². The zero-order chi connectivity index (χ0) is 24.7. The van der Waals surface area contributed by atoms with E-state index in [-0.39, 0.29) is 24.6 Å². The smallest absolute Gasteiger partial charge is 0.322 e. The van der Waals surface area contributed by atoms with Crippen molar-refractivity contribution in [3.63, 3.8) is 0 Å². The van der Waals surface area contributed by atoms with Crippen LogP contribution in [0.25, 0.3) is 0 Å². The number of carbonyl (C=O) groups excluding carboxylic acids is 1. The van der Waals surface area contributed by atoms with E-state index < -0.39 is 16.1 Å². The monoisotopic (exact) mass is 490 g/mol. The molecule has 2 amide bonds. The third kappa shape index (κ3) is 6.58. The number of hydrogen-bond donors (Lipinski definition) is 1. The van der Waals surface area contributed by atoms with Gasteiger partial charge in [-0.05, 0) is 42.0 Å². The number of ether oxygens (including phenoxy) is 3. The summed E-state index contributed by atoms with van der Waals surface area (Å²) in [6, 6.07) is 12.9. The molecule has 0 atom stereocenters. The van der Waals surface area contributed by atoms with Gasteiger partial charge in [-0.3, -0.25) is 0 Å². The van der Waals surface area contributed by atoms with Crippen molar-refractivity contribution in [3.05, 3.63) is 66.1 Å². The summed E-state index contributed by atoms with van der Waals surface area (Å²) in [7, 11) is 0.655. The Hall–Kier alpha value is -3.86. The predicted molar refractivity (Wildman–Crippen MR) is 125 cm³/mol. The summed E-state index contributed by atoms with van der Waals surface area (Å²) >= 11 is 0. The van der Waals surface area contributed by atoms with Gasteiger partial charge in [-0.15, -0.1) is 0 Å². The molecule has 1 heterocycles. The molecule has 0 aliphatic carbocycles. The maximum atomic E-state index is 13.2. The minimum Gasteiger partial charge on any atom is -0.497 e. The molecule has 0 bridgehead atoms. The molecule has 182 valence electrons. The summed E-state index contributed by atoms with van der Waals surface area (Å²) in [4.78, 5) is 14.7. The SMILES string of the molecule is COc1ccc(NC(=O)N(Cc2ccc(OC)c(OS(C)(=O)=O)c2)Cc2ccco2)c(OC)c1. The van der Waals surface area contributed by atoms with Crippen molar-refractivity contribution in [1.29, 1.82) is 0 Å². The van der Waals surface area contributed by atoms with Crippen molar-refractivity contribution in [3.8, 4) is 23.0 Å². The molecule has 0 unspecified atom stereocenters. The first-order valence-corrected chi connectivity index (χ1v) is 11.9. The standard InChI is InChI=1S/C23H26N2O8S/c1-29-17-8-9-19(21(13-17)31-3)24-23(26)25(15-18-6-5-11-32-18)14-16-7-10-20(30-2)22(12-16)33-34(4,27)28/h5-13H,14-15H2,1-4H3,(H,24,26). The fourth-order valence-corrected chi connectivity index (χ4v) is 3.61. The molecule has 0 aliphatic rings. The second-order valence-electron chi connectivity index (χ2n) is 7.20. The van der Waals surface area contributed by atoms with E-state index in [0.717, 1.165) is 6.26 Å². The van der Waals surface area contributed by atoms with Crippen LogP contribution < -0.4 is 23.7 Å². The van der Waals surface area contributed by atoms with Crippen LogP contribution in [0.1, 0.15) is 11.3 Å². The number of urea groups is 1. The Labute approximate surface area is 198 Å². The summed E-state index contributed by atoms with van der Waals surface area (Å²) in [5.74, 6) is 1.85. The van der Waals surface area contributed by atoms with Gasteiger partial charge < -0.3 is 33.0 Å². The highest BCUT2D eigenvalue weighted by Gasteiger charge is 2.20. The quantitative estimate of drug-likeness (QED) is 0.426. The van der Waals surface area contributed by atoms with Crippen molar-refractivity contribution in [2.45, 2.75) is 13.1 Å². The highest BCUT2D eigenvalue weighted by molar-refractivity contribution is 7.86. The number of amides is 2. The van der Waals surface area contributed by atoms with Crippen molar-refractivity contribution in [2.24, 2.45) is 0 Å². The van der Waals surface area contributed by atoms with Crippen molar-refractivity contribution >= 4 is 21.8 Å². The Morgan fingerprint density at radius 3 is 2.32 bits per heavy atom. The summed E-state index contributed by atoms with van der Waals surface area (Å²) in [6.45, 7) is 0.278. The van der Waals surface area contributed by atoms with Gasteiger partial charge in [-0.1, -0.05) is 6.07 Å². The van der Waals surface area contributed by atoms with Crippen molar-refractivity contribution in [1.82, 2.24) is 4.90 Å². The van der Waals surface area contributed by atoms with Gasteiger partial charge in [-0.25, -0.2) is 4.79 Å². The molecule has 11 heteroatoms. The number of methoxy groups -OCH3 is 3. The van der Waals surface area contributed by atoms with E-state index in [2.05, 4.69) is 5.32 Å². The molecule has 3 rings (SSSR count). The third-order valence-electron chi connectivity index (χ3n) is 4.71. The first kappa shape index (κ1) is 24.8. The molecule has 1 N–H and O–H groups in total. The van der Waals surface area contributed by atoms with Crippen LogP contribution in [0.4, 0.5) is 10.5 Å². The number of nitrogens with zero attached hydrogens (tertiary/aromatic N) is 1. The van der Waals surface area contributed by atoms with E-state index in [1.165, 1.54) is 38.6 Å². The van der Waals surface area contributed by atoms with Crippen LogP contribution in [0.15, 0.2) is 59.2 Å². The van der Waals surface area contributed by atoms with Crippen molar-refractivity contribution < 1.29 is 36.0 Å². The first-order valence-electron chi connectivity index (χ1n) is 10.1. The molecular formula is C23H26N2O8S. The van der Waals surface area contributed by atoms with Gasteiger partial charge in [0.05, 0.1) is 46.1 Å². The molecule has 1 aromatic heterocycles. The van der Waals surface area contributed by atoms with Gasteiger partial charge in [0.2, 0.25) is 0 Å². The van der Waals surface area contributed by atoms with Gasteiger partial charge >= 0.3 is 16.1 Å². The van der Waals surface area contributed by atoms with Gasteiger partial charge in [0, 0.05) is 12.6 Å². The summed E-state index contributed by atoms with van der Waals surface area (Å²) in [5.41, 5.74) is 1.07. The number of carbonyl (C=O) groups is 1. The van der Waals surface area contributed by atoms with E-state index in [4.69, 9.17) is 22.8 Å². The molecule has 10 nitrogen and oxygen atoms in total. The van der Waals surface area contributed by atoms with Crippen LogP contribution in [-0.4, -0.2) is 46.9 Å². The molecule has 3 aromatic rings. The van der Waals surface area contributed by atoms with Gasteiger partial charge in [0.15, 0.2) is 11.5 Å². The maximum Gasteiger partial charge on any atom is 0.322 e. The Morgan fingerprint density at radius 2 is 1.71 bits per heavy atom. The van der Waals surface area contributed by atoms with E-state index in [1.54, 1.807) is 42.5 Å². The first-order chi connectivity index (χ1) is 16.2. The highest BCUT2D eigenvalue weighted by Crippen LogP contribution is 2.31. The third-order valence-corrected chi connectivity index (χ3v) is 5.19. The normalized spacial score (nSPS) is 10.9. The Balaban J connectivity index is 1.88. The predicted octanol–water partition coefficient (Wildman–Crippen LogP) is 3.88. The maximum absolute atomic E-state index is 13.2. The average molecular weight is 491 g/mol. The largest absolute Gasteiger partial charge is 0.497 e. The van der Waals surface area contributed by atoms with E-state index in [9.17, 15) is 13.2 Å². The molecule has 0 aliphatic heterocycles. The zero-order valence-electron chi connectivity index (χ0n) is 19.2. The molecule has 0 fully saturated rings. The second-order valence-corrected chi connectivity index (χ2v) is 8.78. The van der Waals surface area contributed by atoms with Crippen LogP contribution in [-0.2, 0) is 23.2 Å². The number of anilines is 1. The lowest BCUT2D eigenvalue weighted by Crippen LogP contribution is -2.34. The second kappa shape index (κ2) is 10.8. The van der Waals surface area contributed by atoms with Crippen LogP contribution in [0.2, 0.25) is 0 Å². The molecule has 0 spiro atoms. The van der Waals surface area contributed by atoms with Crippen LogP contribution in [0, 0.1) is 0 Å². The summed E-state index contributed by atoms with van der Waals surface area (Å²) in [6.07, 6.45) is 2.46. The summed E-state index contributed by atoms with van der Waals surface area (Å²) < 4.78 is 49.5. The van der Waals surface area contributed by atoms with Gasteiger partial charge in [0.1, 0.15) is 17.3 Å². The van der Waals surface area contributed by atoms with E-state index in [1.807, 2.05) is 0 Å². The Bertz CT molecular complexity index is 1230. The van der Waals surface area contributed by atoms with Crippen LogP contribution >= 0.6 is 0 Å². The number of rotatable bonds is 10. The lowest BCUT2D eigenvalue weighted by molar-refractivity contribution is 0.201. The highest BCUT2D eigenvalue weighted by atomic mass is 32.2. The van der Waals surface area contributed by atoms with E-state index in [0.29, 0.717) is 28.5 Å². The van der Waals surface area contributed by atoms with Gasteiger partial charge in [0.25, 0.3) is 0 Å². The lowest BCUT2D eigenvalue weighted by atomic mass is 10.2. The lowest BCUT2D eigenvalue weighted by Gasteiger charge is -2.23. The molecular weight excluding hydrogens is 464 g/mol. The number of nitrogens with one attached hydrogen (secondary N) is 1. The van der Waals surface area contributed by atoms with Crippen LogP contribution in [0.3, 0.4) is 0 Å². The van der Waals surface area contributed by atoms with Crippen LogP contribution in [0.5, 0.6) is 23.0 Å². The minimum absolute atomic E-state index is 0.0256. The zero-order valence-corrected chi connectivity index (χ0v) is 20.0. The number of benzene rings is 2. The van der Waals surface area contributed by atoms with Crippen molar-refractivity contribution in [2.75, 3.05) is 32.9 Å². The Morgan fingerprint density at radius 1 is 0.941 bits per heavy atom. The number of furan rings is 1. The fraction of sp³-hybridized carbons (Fsp3) is 0.261. The molecule has 0 saturated heterocycles. The average Bonchev–Trinajstić information content (AvgIpc) is 3.31. The topological polar surface area (TPSA) is 117 Å². The van der Waals surface area contributed by atoms with E-state index >= 15 is 0 Å².